The summed E-state index contributed by atoms with van der Waals surface area (Å²) in [5.74, 6) is -0.107. The van der Waals surface area contributed by atoms with Crippen molar-refractivity contribution in [2.45, 2.75) is 6.42 Å². The van der Waals surface area contributed by atoms with Gasteiger partial charge in [0, 0.05) is 28.2 Å². The van der Waals surface area contributed by atoms with Crippen LogP contribution in [0.1, 0.15) is 6.42 Å². The van der Waals surface area contributed by atoms with Crippen molar-refractivity contribution in [1.82, 2.24) is 9.80 Å². The topological polar surface area (TPSA) is 40.6 Å². The van der Waals surface area contributed by atoms with Gasteiger partial charge in [-0.25, -0.2) is 0 Å². The van der Waals surface area contributed by atoms with Gasteiger partial charge in [-0.05, 0) is 18.6 Å². The predicted octanol–water partition coefficient (Wildman–Crippen LogP) is 0.665. The van der Waals surface area contributed by atoms with E-state index in [0.717, 1.165) is 0 Å². The number of rotatable bonds is 4. The van der Waals surface area contributed by atoms with Crippen molar-refractivity contribution < 1.29 is 9.59 Å². The van der Waals surface area contributed by atoms with Crippen LogP contribution in [0.5, 0.6) is 0 Å². The van der Waals surface area contributed by atoms with Crippen molar-refractivity contribution in [2.75, 3.05) is 28.2 Å². The van der Waals surface area contributed by atoms with Gasteiger partial charge in [-0.15, -0.1) is 0 Å². The van der Waals surface area contributed by atoms with Crippen molar-refractivity contribution in [1.29, 1.82) is 0 Å². The third-order valence-corrected chi connectivity index (χ3v) is 1.67. The van der Waals surface area contributed by atoms with Crippen LogP contribution in [-0.4, -0.2) is 49.8 Å². The Morgan fingerprint density at radius 3 is 1.47 bits per heavy atom. The minimum atomic E-state index is -0.0534. The Labute approximate surface area is 90.9 Å². The van der Waals surface area contributed by atoms with E-state index in [1.165, 1.54) is 22.0 Å². The number of allylic oxidation sites excluding steroid dienone is 2. The Bertz CT molecular complexity index is 250. The van der Waals surface area contributed by atoms with Crippen LogP contribution < -0.4 is 0 Å². The Kier molecular flexibility index (Phi) is 6.09. The second-order valence-corrected chi connectivity index (χ2v) is 3.51. The molecule has 0 radical (unpaired) electrons. The van der Waals surface area contributed by atoms with E-state index < -0.39 is 0 Å². The summed E-state index contributed by atoms with van der Waals surface area (Å²) in [6.45, 7) is 0. The molecule has 0 heterocycles. The van der Waals surface area contributed by atoms with Gasteiger partial charge < -0.3 is 9.80 Å². The third kappa shape index (κ3) is 6.49. The van der Waals surface area contributed by atoms with Gasteiger partial charge >= 0.3 is 0 Å². The van der Waals surface area contributed by atoms with E-state index in [4.69, 9.17) is 0 Å². The quantitative estimate of drug-likeness (QED) is 0.640. The standard InChI is InChI=1S/C11H18N2O2/c1-12(2)10(14)8-6-5-7-9-11(15)13(3)4/h6-9H,5H2,1-4H3. The molecule has 15 heavy (non-hydrogen) atoms. The van der Waals surface area contributed by atoms with Gasteiger partial charge in [-0.3, -0.25) is 9.59 Å². The van der Waals surface area contributed by atoms with E-state index >= 15 is 0 Å². The number of nitrogens with zero attached hydrogens (tertiary/aromatic N) is 2. The summed E-state index contributed by atoms with van der Waals surface area (Å²) in [6, 6.07) is 0. The molecule has 4 nitrogen and oxygen atoms in total. The number of carbonyl (C=O) groups is 2. The van der Waals surface area contributed by atoms with Crippen LogP contribution in [0.15, 0.2) is 24.3 Å². The molecule has 2 amide bonds. The van der Waals surface area contributed by atoms with E-state index in [2.05, 4.69) is 0 Å². The number of hydrogen-bond donors (Lipinski definition) is 0. The molecule has 4 heteroatoms. The predicted molar refractivity (Wildman–Crippen MR) is 60.3 cm³/mol. The first kappa shape index (κ1) is 13.4. The first-order valence-corrected chi connectivity index (χ1v) is 4.70. The lowest BCUT2D eigenvalue weighted by atomic mass is 10.3. The summed E-state index contributed by atoms with van der Waals surface area (Å²) < 4.78 is 0. The van der Waals surface area contributed by atoms with E-state index in [9.17, 15) is 9.59 Å². The molecule has 0 saturated carbocycles. The second-order valence-electron chi connectivity index (χ2n) is 3.51. The molecule has 0 unspecified atom stereocenters. The highest BCUT2D eigenvalue weighted by Gasteiger charge is 1.96. The second kappa shape index (κ2) is 6.81. The van der Waals surface area contributed by atoms with Crippen LogP contribution >= 0.6 is 0 Å². The van der Waals surface area contributed by atoms with Gasteiger partial charge in [-0.2, -0.15) is 0 Å². The molecule has 0 aliphatic carbocycles. The molecule has 0 saturated heterocycles. The molecule has 0 aliphatic rings. The molecule has 0 aromatic heterocycles. The van der Waals surface area contributed by atoms with E-state index in [1.54, 1.807) is 40.3 Å². The minimum Gasteiger partial charge on any atom is -0.345 e. The van der Waals surface area contributed by atoms with Crippen molar-refractivity contribution in [3.63, 3.8) is 0 Å². The van der Waals surface area contributed by atoms with Crippen LogP contribution in [0.2, 0.25) is 0 Å². The van der Waals surface area contributed by atoms with Crippen LogP contribution in [0.25, 0.3) is 0 Å². The van der Waals surface area contributed by atoms with E-state index in [0.29, 0.717) is 6.42 Å². The SMILES string of the molecule is CN(C)C(=O)C=CCC=CC(=O)N(C)C. The molecule has 84 valence electrons. The smallest absolute Gasteiger partial charge is 0.245 e. The van der Waals surface area contributed by atoms with Crippen molar-refractivity contribution >= 4 is 11.8 Å². The largest absolute Gasteiger partial charge is 0.345 e. The highest BCUT2D eigenvalue weighted by Crippen LogP contribution is 1.90. The Balaban J connectivity index is 3.89. The van der Waals surface area contributed by atoms with E-state index in [1.807, 2.05) is 0 Å². The number of hydrogen-bond acceptors (Lipinski definition) is 2. The minimum absolute atomic E-state index is 0.0534. The van der Waals surface area contributed by atoms with Crippen molar-refractivity contribution in [2.24, 2.45) is 0 Å². The number of likely N-dealkylation sites (N-methyl/N-ethyl adjacent to an activating group) is 2. The fraction of sp³-hybridized carbons (Fsp3) is 0.455. The number of amides is 2. The zero-order valence-corrected chi connectivity index (χ0v) is 9.73. The Hall–Kier alpha value is -1.58. The molecule has 0 rings (SSSR count). The molecule has 0 fully saturated rings. The normalized spacial score (nSPS) is 10.9. The monoisotopic (exact) mass is 210 g/mol. The average Bonchev–Trinajstić information content (AvgIpc) is 2.16. The number of carbonyl (C=O) groups excluding carboxylic acids is 2. The lowest BCUT2D eigenvalue weighted by Gasteiger charge is -2.05. The maximum Gasteiger partial charge on any atom is 0.245 e. The van der Waals surface area contributed by atoms with Gasteiger partial charge in [-0.1, -0.05) is 12.2 Å². The lowest BCUT2D eigenvalue weighted by Crippen LogP contribution is -2.19. The maximum atomic E-state index is 11.1. The molecule has 0 bridgehead atoms. The first-order valence-electron chi connectivity index (χ1n) is 4.70. The molecule has 0 N–H and O–H groups in total. The van der Waals surface area contributed by atoms with Gasteiger partial charge in [0.05, 0.1) is 0 Å². The average molecular weight is 210 g/mol. The van der Waals surface area contributed by atoms with Crippen LogP contribution in [0.4, 0.5) is 0 Å². The molecular formula is C11H18N2O2. The molecule has 0 spiro atoms. The van der Waals surface area contributed by atoms with Crippen LogP contribution in [-0.2, 0) is 9.59 Å². The summed E-state index contributed by atoms with van der Waals surface area (Å²) in [5, 5.41) is 0. The van der Waals surface area contributed by atoms with Gasteiger partial charge in [0.2, 0.25) is 11.8 Å². The van der Waals surface area contributed by atoms with Crippen LogP contribution in [0.3, 0.4) is 0 Å². The zero-order valence-electron chi connectivity index (χ0n) is 9.73. The molecule has 0 aliphatic heterocycles. The van der Waals surface area contributed by atoms with Crippen molar-refractivity contribution in [3.05, 3.63) is 24.3 Å². The van der Waals surface area contributed by atoms with Gasteiger partial charge in [0.1, 0.15) is 0 Å². The summed E-state index contributed by atoms with van der Waals surface area (Å²) in [7, 11) is 6.77. The fourth-order valence-corrected chi connectivity index (χ4v) is 0.714. The molecule has 0 atom stereocenters. The first-order chi connectivity index (χ1) is 6.95. The molecular weight excluding hydrogens is 192 g/mol. The summed E-state index contributed by atoms with van der Waals surface area (Å²) in [4.78, 5) is 25.2. The lowest BCUT2D eigenvalue weighted by molar-refractivity contribution is -0.124. The maximum absolute atomic E-state index is 11.1. The highest BCUT2D eigenvalue weighted by atomic mass is 16.2. The fourth-order valence-electron chi connectivity index (χ4n) is 0.714. The molecule has 0 aromatic carbocycles. The summed E-state index contributed by atoms with van der Waals surface area (Å²) in [5.41, 5.74) is 0. The Morgan fingerprint density at radius 1 is 0.867 bits per heavy atom. The van der Waals surface area contributed by atoms with Gasteiger partial charge in [0.15, 0.2) is 0 Å². The van der Waals surface area contributed by atoms with E-state index in [-0.39, 0.29) is 11.8 Å². The van der Waals surface area contributed by atoms with Crippen molar-refractivity contribution in [3.8, 4) is 0 Å². The van der Waals surface area contributed by atoms with Crippen LogP contribution in [0, 0.1) is 0 Å². The summed E-state index contributed by atoms with van der Waals surface area (Å²) >= 11 is 0. The molecule has 0 aromatic rings. The summed E-state index contributed by atoms with van der Waals surface area (Å²) in [6.07, 6.45) is 7.01. The third-order valence-electron chi connectivity index (χ3n) is 1.67. The Morgan fingerprint density at radius 2 is 1.20 bits per heavy atom. The van der Waals surface area contributed by atoms with Gasteiger partial charge in [0.25, 0.3) is 0 Å². The zero-order chi connectivity index (χ0) is 11.8. The highest BCUT2D eigenvalue weighted by molar-refractivity contribution is 5.87.